The Morgan fingerprint density at radius 3 is 2.36 bits per heavy atom. The molecule has 1 aliphatic heterocycles. The minimum atomic E-state index is -3.32. The molecule has 0 saturated carbocycles. The summed E-state index contributed by atoms with van der Waals surface area (Å²) in [4.78, 5) is 21.4. The van der Waals surface area contributed by atoms with Gasteiger partial charge in [0.15, 0.2) is 0 Å². The summed E-state index contributed by atoms with van der Waals surface area (Å²) < 4.78 is 24.9. The van der Waals surface area contributed by atoms with Crippen LogP contribution in [0.2, 0.25) is 0 Å². The largest absolute Gasteiger partial charge is 0.336 e. The van der Waals surface area contributed by atoms with Crippen molar-refractivity contribution in [3.05, 3.63) is 59.4 Å². The number of carbonyl (C=O) groups excluding carboxylic acids is 1. The minimum absolute atomic E-state index is 0.0223. The first-order chi connectivity index (χ1) is 13.3. The van der Waals surface area contributed by atoms with Gasteiger partial charge in [-0.3, -0.25) is 19.4 Å². The molecule has 150 valence electrons. The van der Waals surface area contributed by atoms with Gasteiger partial charge in [0.25, 0.3) is 5.91 Å². The van der Waals surface area contributed by atoms with Gasteiger partial charge in [0.2, 0.25) is 10.0 Å². The van der Waals surface area contributed by atoms with Gasteiger partial charge in [-0.15, -0.1) is 0 Å². The number of hydrogen-bond donors (Lipinski definition) is 1. The number of amides is 1. The Hall–Kier alpha value is -2.45. The molecule has 0 aliphatic carbocycles. The Bertz CT molecular complexity index is 921. The van der Waals surface area contributed by atoms with E-state index in [0.717, 1.165) is 43.7 Å². The highest BCUT2D eigenvalue weighted by Crippen LogP contribution is 2.14. The van der Waals surface area contributed by atoms with E-state index in [1.54, 1.807) is 24.3 Å². The van der Waals surface area contributed by atoms with Crippen LogP contribution in [0.25, 0.3) is 0 Å². The fourth-order valence-electron chi connectivity index (χ4n) is 3.26. The zero-order valence-electron chi connectivity index (χ0n) is 16.3. The van der Waals surface area contributed by atoms with E-state index in [1.807, 2.05) is 24.0 Å². The summed E-state index contributed by atoms with van der Waals surface area (Å²) in [6.07, 6.45) is 2.00. The number of nitrogens with zero attached hydrogens (tertiary/aromatic N) is 3. The van der Waals surface area contributed by atoms with Crippen molar-refractivity contribution in [3.8, 4) is 0 Å². The molecule has 8 heteroatoms. The average molecular weight is 403 g/mol. The third-order valence-corrected chi connectivity index (χ3v) is 5.33. The molecule has 0 bridgehead atoms. The van der Waals surface area contributed by atoms with Gasteiger partial charge in [-0.2, -0.15) is 0 Å². The molecular formula is C20H26N4O3S. The Labute approximate surface area is 166 Å². The van der Waals surface area contributed by atoms with E-state index in [9.17, 15) is 13.2 Å². The number of nitrogens with one attached hydrogen (secondary N) is 1. The first kappa shape index (κ1) is 20.3. The minimum Gasteiger partial charge on any atom is -0.336 e. The second-order valence-corrected chi connectivity index (χ2v) is 8.85. The number of anilines is 1. The molecule has 0 radical (unpaired) electrons. The fourth-order valence-corrected chi connectivity index (χ4v) is 3.83. The molecule has 1 amide bonds. The quantitative estimate of drug-likeness (QED) is 0.796. The number of carbonyl (C=O) groups is 1. The highest BCUT2D eigenvalue weighted by atomic mass is 32.2. The van der Waals surface area contributed by atoms with Crippen LogP contribution in [-0.2, 0) is 16.4 Å². The molecule has 1 saturated heterocycles. The van der Waals surface area contributed by atoms with Crippen LogP contribution in [0.5, 0.6) is 0 Å². The van der Waals surface area contributed by atoms with Crippen LogP contribution in [0.15, 0.2) is 42.5 Å². The number of pyridine rings is 1. The number of sulfonamides is 1. The lowest BCUT2D eigenvalue weighted by molar-refractivity contribution is 0.0638. The molecule has 1 fully saturated rings. The van der Waals surface area contributed by atoms with Crippen molar-refractivity contribution in [2.45, 2.75) is 13.3 Å². The van der Waals surface area contributed by atoms with Crippen molar-refractivity contribution in [1.29, 1.82) is 0 Å². The van der Waals surface area contributed by atoms with Crippen molar-refractivity contribution in [3.63, 3.8) is 0 Å². The first-order valence-electron chi connectivity index (χ1n) is 9.32. The van der Waals surface area contributed by atoms with Gasteiger partial charge in [0.1, 0.15) is 0 Å². The van der Waals surface area contributed by atoms with E-state index in [4.69, 9.17) is 0 Å². The standard InChI is InChI=1S/C20H26N4O3S/c1-16-4-3-5-18(21-16)10-11-23-12-14-24(15-13-23)20(25)17-6-8-19(9-7-17)22-28(2,26)27/h3-9,22H,10-15H2,1-2H3. The number of rotatable bonds is 6. The third-order valence-electron chi connectivity index (χ3n) is 4.72. The van der Waals surface area contributed by atoms with Gasteiger partial charge in [-0.25, -0.2) is 8.42 Å². The molecule has 0 spiro atoms. The number of hydrogen-bond acceptors (Lipinski definition) is 5. The number of aromatic nitrogens is 1. The topological polar surface area (TPSA) is 82.6 Å². The second-order valence-electron chi connectivity index (χ2n) is 7.11. The predicted molar refractivity (Wildman–Crippen MR) is 110 cm³/mol. The van der Waals surface area contributed by atoms with Gasteiger partial charge in [-0.05, 0) is 43.3 Å². The zero-order valence-corrected chi connectivity index (χ0v) is 17.1. The zero-order chi connectivity index (χ0) is 20.1. The maximum atomic E-state index is 12.7. The van der Waals surface area contributed by atoms with Crippen molar-refractivity contribution in [2.24, 2.45) is 0 Å². The van der Waals surface area contributed by atoms with E-state index in [2.05, 4.69) is 20.7 Å². The van der Waals surface area contributed by atoms with Crippen molar-refractivity contribution in [2.75, 3.05) is 43.7 Å². The van der Waals surface area contributed by atoms with Crippen LogP contribution >= 0.6 is 0 Å². The molecule has 1 aromatic carbocycles. The molecule has 3 rings (SSSR count). The van der Waals surface area contributed by atoms with E-state index in [-0.39, 0.29) is 5.91 Å². The smallest absolute Gasteiger partial charge is 0.253 e. The van der Waals surface area contributed by atoms with Crippen molar-refractivity contribution in [1.82, 2.24) is 14.8 Å². The Kier molecular flexibility index (Phi) is 6.31. The summed E-state index contributed by atoms with van der Waals surface area (Å²) >= 11 is 0. The molecule has 2 aromatic rings. The Morgan fingerprint density at radius 1 is 1.07 bits per heavy atom. The maximum absolute atomic E-state index is 12.7. The van der Waals surface area contributed by atoms with E-state index < -0.39 is 10.0 Å². The summed E-state index contributed by atoms with van der Waals surface area (Å²) in [6, 6.07) is 12.6. The lowest BCUT2D eigenvalue weighted by Gasteiger charge is -2.34. The van der Waals surface area contributed by atoms with E-state index in [1.165, 1.54) is 0 Å². The summed E-state index contributed by atoms with van der Waals surface area (Å²) in [7, 11) is -3.32. The van der Waals surface area contributed by atoms with Gasteiger partial charge in [0.05, 0.1) is 6.26 Å². The normalized spacial score (nSPS) is 15.4. The summed E-state index contributed by atoms with van der Waals surface area (Å²) in [6.45, 7) is 5.98. The first-order valence-corrected chi connectivity index (χ1v) is 11.2. The molecule has 1 aromatic heterocycles. The predicted octanol–water partition coefficient (Wildman–Crippen LogP) is 1.76. The summed E-state index contributed by atoms with van der Waals surface area (Å²) in [5.74, 6) is -0.0223. The average Bonchev–Trinajstić information content (AvgIpc) is 2.66. The van der Waals surface area contributed by atoms with Crippen LogP contribution in [0.4, 0.5) is 5.69 Å². The van der Waals surface area contributed by atoms with Gasteiger partial charge in [0, 0.05) is 61.8 Å². The number of piperazine rings is 1. The maximum Gasteiger partial charge on any atom is 0.253 e. The van der Waals surface area contributed by atoms with Crippen LogP contribution in [0.3, 0.4) is 0 Å². The van der Waals surface area contributed by atoms with Gasteiger partial charge < -0.3 is 4.90 Å². The SMILES string of the molecule is Cc1cccc(CCN2CCN(C(=O)c3ccc(NS(C)(=O)=O)cc3)CC2)n1. The molecule has 1 N–H and O–H groups in total. The van der Waals surface area contributed by atoms with Crippen molar-refractivity contribution < 1.29 is 13.2 Å². The molecular weight excluding hydrogens is 376 g/mol. The Morgan fingerprint density at radius 2 is 1.75 bits per heavy atom. The lowest BCUT2D eigenvalue weighted by Crippen LogP contribution is -2.49. The Balaban J connectivity index is 1.49. The summed E-state index contributed by atoms with van der Waals surface area (Å²) in [5, 5.41) is 0. The lowest BCUT2D eigenvalue weighted by atomic mass is 10.1. The second kappa shape index (κ2) is 8.70. The van der Waals surface area contributed by atoms with E-state index in [0.29, 0.717) is 24.3 Å². The van der Waals surface area contributed by atoms with Gasteiger partial charge >= 0.3 is 0 Å². The number of aryl methyl sites for hydroxylation is 1. The molecule has 2 heterocycles. The molecule has 28 heavy (non-hydrogen) atoms. The summed E-state index contributed by atoms with van der Waals surface area (Å²) in [5.41, 5.74) is 3.15. The van der Waals surface area contributed by atoms with Crippen LogP contribution in [0, 0.1) is 6.92 Å². The molecule has 7 nitrogen and oxygen atoms in total. The van der Waals surface area contributed by atoms with Crippen LogP contribution in [-0.4, -0.2) is 68.1 Å². The third kappa shape index (κ3) is 5.77. The highest BCUT2D eigenvalue weighted by molar-refractivity contribution is 7.92. The highest BCUT2D eigenvalue weighted by Gasteiger charge is 2.22. The fraction of sp³-hybridized carbons (Fsp3) is 0.400. The monoisotopic (exact) mass is 402 g/mol. The molecule has 0 unspecified atom stereocenters. The number of benzene rings is 1. The van der Waals surface area contributed by atoms with Crippen molar-refractivity contribution >= 4 is 21.6 Å². The van der Waals surface area contributed by atoms with Crippen LogP contribution < -0.4 is 4.72 Å². The van der Waals surface area contributed by atoms with E-state index >= 15 is 0 Å². The molecule has 0 atom stereocenters. The molecule has 1 aliphatic rings. The van der Waals surface area contributed by atoms with Gasteiger partial charge in [-0.1, -0.05) is 6.07 Å². The van der Waals surface area contributed by atoms with Crippen LogP contribution in [0.1, 0.15) is 21.7 Å².